The molecule has 0 radical (unpaired) electrons. The molecule has 21 heavy (non-hydrogen) atoms. The molecule has 3 aromatic rings. The third kappa shape index (κ3) is 2.84. The van der Waals surface area contributed by atoms with Gasteiger partial charge in [0.05, 0.1) is 16.1 Å². The van der Waals surface area contributed by atoms with E-state index in [9.17, 15) is 4.79 Å². The van der Waals surface area contributed by atoms with Crippen LogP contribution in [0.3, 0.4) is 0 Å². The molecular weight excluding hydrogens is 308 g/mol. The van der Waals surface area contributed by atoms with Crippen molar-refractivity contribution in [2.24, 2.45) is 0 Å². The Morgan fingerprint density at radius 3 is 2.71 bits per heavy atom. The first-order chi connectivity index (χ1) is 10.1. The monoisotopic (exact) mass is 316 g/mol. The number of hydrogen-bond donors (Lipinski definition) is 1. The van der Waals surface area contributed by atoms with E-state index in [2.05, 4.69) is 9.97 Å². The molecular formula is C15H9ClN2O2S. The van der Waals surface area contributed by atoms with Gasteiger partial charge in [-0.25, -0.2) is 14.8 Å². The number of halogens is 1. The molecule has 0 saturated heterocycles. The van der Waals surface area contributed by atoms with Crippen molar-refractivity contribution in [3.63, 3.8) is 0 Å². The summed E-state index contributed by atoms with van der Waals surface area (Å²) in [6, 6.07) is 12.6. The van der Waals surface area contributed by atoms with E-state index in [0.29, 0.717) is 0 Å². The molecule has 0 aliphatic carbocycles. The average molecular weight is 317 g/mol. The van der Waals surface area contributed by atoms with Crippen LogP contribution in [0.25, 0.3) is 10.9 Å². The van der Waals surface area contributed by atoms with Crippen molar-refractivity contribution in [3.8, 4) is 0 Å². The molecule has 0 aliphatic rings. The highest BCUT2D eigenvalue weighted by molar-refractivity contribution is 7.99. The van der Waals surface area contributed by atoms with E-state index in [1.165, 1.54) is 24.2 Å². The van der Waals surface area contributed by atoms with Crippen LogP contribution in [0.2, 0.25) is 5.02 Å². The van der Waals surface area contributed by atoms with Crippen LogP contribution in [-0.2, 0) is 0 Å². The summed E-state index contributed by atoms with van der Waals surface area (Å²) in [5.74, 6) is -1.04. The summed E-state index contributed by atoms with van der Waals surface area (Å²) in [6.07, 6.45) is 1.51. The minimum Gasteiger partial charge on any atom is -0.478 e. The van der Waals surface area contributed by atoms with Gasteiger partial charge in [0.25, 0.3) is 0 Å². The first-order valence-electron chi connectivity index (χ1n) is 6.05. The van der Waals surface area contributed by atoms with Gasteiger partial charge in [-0.3, -0.25) is 0 Å². The number of hydrogen-bond acceptors (Lipinski definition) is 4. The van der Waals surface area contributed by atoms with Gasteiger partial charge in [-0.15, -0.1) is 0 Å². The van der Waals surface area contributed by atoms with Gasteiger partial charge in [-0.2, -0.15) is 0 Å². The number of rotatable bonds is 3. The molecule has 0 spiro atoms. The lowest BCUT2D eigenvalue weighted by atomic mass is 10.2. The van der Waals surface area contributed by atoms with E-state index < -0.39 is 5.97 Å². The van der Waals surface area contributed by atoms with Gasteiger partial charge in [0, 0.05) is 10.3 Å². The molecule has 6 heteroatoms. The largest absolute Gasteiger partial charge is 0.478 e. The molecule has 0 aliphatic heterocycles. The van der Waals surface area contributed by atoms with Crippen LogP contribution in [0.5, 0.6) is 0 Å². The minimum absolute atomic E-state index is 0.0913. The van der Waals surface area contributed by atoms with Crippen LogP contribution in [0.1, 0.15) is 10.4 Å². The minimum atomic E-state index is -1.04. The van der Waals surface area contributed by atoms with Crippen LogP contribution in [0, 0.1) is 0 Å². The SMILES string of the molecule is O=C(O)c1ccc(Sc2ncnc3ccccc23)cc1Cl. The smallest absolute Gasteiger partial charge is 0.337 e. The molecule has 104 valence electrons. The first-order valence-corrected chi connectivity index (χ1v) is 7.25. The Balaban J connectivity index is 1.99. The molecule has 0 saturated carbocycles. The first kappa shape index (κ1) is 13.9. The summed E-state index contributed by atoms with van der Waals surface area (Å²) in [4.78, 5) is 20.3. The summed E-state index contributed by atoms with van der Waals surface area (Å²) < 4.78 is 0. The zero-order chi connectivity index (χ0) is 14.8. The van der Waals surface area contributed by atoms with Crippen LogP contribution >= 0.6 is 23.4 Å². The Morgan fingerprint density at radius 2 is 1.95 bits per heavy atom. The Kier molecular flexibility index (Phi) is 3.77. The second-order valence-corrected chi connectivity index (χ2v) is 5.71. The van der Waals surface area contributed by atoms with Gasteiger partial charge in [-0.1, -0.05) is 41.6 Å². The van der Waals surface area contributed by atoms with Crippen molar-refractivity contribution < 1.29 is 9.90 Å². The van der Waals surface area contributed by atoms with E-state index >= 15 is 0 Å². The predicted octanol–water partition coefficient (Wildman–Crippen LogP) is 4.13. The second-order valence-electron chi connectivity index (χ2n) is 4.24. The van der Waals surface area contributed by atoms with E-state index in [-0.39, 0.29) is 10.6 Å². The Hall–Kier alpha value is -2.11. The van der Waals surface area contributed by atoms with Gasteiger partial charge in [0.15, 0.2) is 0 Å². The summed E-state index contributed by atoms with van der Waals surface area (Å²) in [6.45, 7) is 0. The maximum atomic E-state index is 11.0. The number of para-hydroxylation sites is 1. The van der Waals surface area contributed by atoms with Gasteiger partial charge in [0.2, 0.25) is 0 Å². The predicted molar refractivity (Wildman–Crippen MR) is 82.1 cm³/mol. The number of fused-ring (bicyclic) bond motifs is 1. The summed E-state index contributed by atoms with van der Waals surface area (Å²) in [7, 11) is 0. The lowest BCUT2D eigenvalue weighted by molar-refractivity contribution is 0.0697. The number of aromatic carboxylic acids is 1. The number of nitrogens with zero attached hydrogens (tertiary/aromatic N) is 2. The van der Waals surface area contributed by atoms with Crippen molar-refractivity contribution in [1.29, 1.82) is 0 Å². The molecule has 0 unspecified atom stereocenters. The van der Waals surface area contributed by atoms with E-state index in [4.69, 9.17) is 16.7 Å². The number of aromatic nitrogens is 2. The molecule has 0 amide bonds. The highest BCUT2D eigenvalue weighted by atomic mass is 35.5. The fourth-order valence-corrected chi connectivity index (χ4v) is 3.15. The fourth-order valence-electron chi connectivity index (χ4n) is 1.91. The quantitative estimate of drug-likeness (QED) is 0.736. The van der Waals surface area contributed by atoms with E-state index in [0.717, 1.165) is 20.8 Å². The third-order valence-electron chi connectivity index (χ3n) is 2.89. The van der Waals surface area contributed by atoms with Gasteiger partial charge >= 0.3 is 5.97 Å². The van der Waals surface area contributed by atoms with Gasteiger partial charge in [-0.05, 0) is 24.3 Å². The summed E-state index contributed by atoms with van der Waals surface area (Å²) >= 11 is 7.41. The molecule has 1 heterocycles. The van der Waals surface area contributed by atoms with Crippen molar-refractivity contribution >= 4 is 40.2 Å². The normalized spacial score (nSPS) is 10.7. The molecule has 0 atom stereocenters. The third-order valence-corrected chi connectivity index (χ3v) is 4.21. The van der Waals surface area contributed by atoms with Crippen LogP contribution in [-0.4, -0.2) is 21.0 Å². The molecule has 1 N–H and O–H groups in total. The molecule has 0 bridgehead atoms. The van der Waals surface area contributed by atoms with Crippen molar-refractivity contribution in [2.45, 2.75) is 9.92 Å². The lowest BCUT2D eigenvalue weighted by Crippen LogP contribution is -1.96. The number of benzene rings is 2. The zero-order valence-electron chi connectivity index (χ0n) is 10.7. The Morgan fingerprint density at radius 1 is 1.14 bits per heavy atom. The molecule has 0 fully saturated rings. The molecule has 1 aromatic heterocycles. The maximum absolute atomic E-state index is 11.0. The highest BCUT2D eigenvalue weighted by Crippen LogP contribution is 2.33. The van der Waals surface area contributed by atoms with Crippen molar-refractivity contribution in [1.82, 2.24) is 9.97 Å². The standard InChI is InChI=1S/C15H9ClN2O2S/c16-12-7-9(5-6-10(12)15(19)20)21-14-11-3-1-2-4-13(11)17-8-18-14/h1-8H,(H,19,20). The van der Waals surface area contributed by atoms with Crippen molar-refractivity contribution in [3.05, 3.63) is 59.4 Å². The van der Waals surface area contributed by atoms with Crippen molar-refractivity contribution in [2.75, 3.05) is 0 Å². The average Bonchev–Trinajstić information content (AvgIpc) is 2.47. The van der Waals surface area contributed by atoms with E-state index in [1.54, 1.807) is 12.1 Å². The zero-order valence-corrected chi connectivity index (χ0v) is 12.2. The van der Waals surface area contributed by atoms with E-state index in [1.807, 2.05) is 24.3 Å². The van der Waals surface area contributed by atoms with Crippen LogP contribution < -0.4 is 0 Å². The second kappa shape index (κ2) is 5.71. The number of carbonyl (C=O) groups is 1. The Bertz CT molecular complexity index is 834. The lowest BCUT2D eigenvalue weighted by Gasteiger charge is -2.06. The molecule has 3 rings (SSSR count). The van der Waals surface area contributed by atoms with Crippen LogP contribution in [0.15, 0.2) is 58.7 Å². The highest BCUT2D eigenvalue weighted by Gasteiger charge is 2.11. The summed E-state index contributed by atoms with van der Waals surface area (Å²) in [5.41, 5.74) is 0.955. The van der Waals surface area contributed by atoms with Crippen LogP contribution in [0.4, 0.5) is 0 Å². The fraction of sp³-hybridized carbons (Fsp3) is 0. The maximum Gasteiger partial charge on any atom is 0.337 e. The Labute approximate surface area is 129 Å². The molecule has 4 nitrogen and oxygen atoms in total. The number of carboxylic acid groups (broad SMARTS) is 1. The topological polar surface area (TPSA) is 63.1 Å². The molecule has 2 aromatic carbocycles. The van der Waals surface area contributed by atoms with Gasteiger partial charge < -0.3 is 5.11 Å². The number of carboxylic acids is 1. The summed E-state index contributed by atoms with van der Waals surface area (Å²) in [5, 5.41) is 10.9. The van der Waals surface area contributed by atoms with Gasteiger partial charge in [0.1, 0.15) is 11.4 Å².